The van der Waals surface area contributed by atoms with E-state index in [2.05, 4.69) is 21.2 Å². The molecule has 4 aliphatic heterocycles. The zero-order chi connectivity index (χ0) is 22.2. The molecule has 32 heavy (non-hydrogen) atoms. The molecule has 0 aromatic heterocycles. The average Bonchev–Trinajstić information content (AvgIpc) is 3.14. The van der Waals surface area contributed by atoms with Crippen LogP contribution in [0, 0.1) is 5.92 Å². The first-order valence-electron chi connectivity index (χ1n) is 11.1. The first kappa shape index (κ1) is 21.5. The Morgan fingerprint density at radius 3 is 2.66 bits per heavy atom. The van der Waals surface area contributed by atoms with Crippen LogP contribution in [0.3, 0.4) is 0 Å². The van der Waals surface area contributed by atoms with E-state index in [1.54, 1.807) is 12.5 Å². The number of benzene rings is 1. The van der Waals surface area contributed by atoms with Gasteiger partial charge in [0.25, 0.3) is 0 Å². The van der Waals surface area contributed by atoms with Crippen molar-refractivity contribution in [2.24, 2.45) is 5.92 Å². The number of carbonyl (C=O) groups is 3. The molecule has 8 nitrogen and oxygen atoms in total. The number of nitrogens with zero attached hydrogens (tertiary/aromatic N) is 3. The number of hydrogen-bond donors (Lipinski definition) is 1. The summed E-state index contributed by atoms with van der Waals surface area (Å²) in [6.07, 6.45) is 0.604. The van der Waals surface area contributed by atoms with Gasteiger partial charge in [0.2, 0.25) is 5.91 Å². The van der Waals surface area contributed by atoms with Crippen LogP contribution >= 0.6 is 11.8 Å². The lowest BCUT2D eigenvalue weighted by Gasteiger charge is -2.41. The fraction of sp³-hybridized carbons (Fsp3) is 0.522. The number of methoxy groups -OCH3 is 1. The van der Waals surface area contributed by atoms with Crippen LogP contribution in [-0.2, 0) is 14.4 Å². The normalized spacial score (nSPS) is 28.8. The Hall–Kier alpha value is -2.36. The molecule has 0 saturated carbocycles. The number of carbonyl (C=O) groups excluding carboxylic acids is 3. The monoisotopic (exact) mass is 456 g/mol. The minimum atomic E-state index is -0.528. The largest absolute Gasteiger partial charge is 0.495 e. The molecule has 4 aliphatic rings. The van der Waals surface area contributed by atoms with Gasteiger partial charge in [0.05, 0.1) is 42.2 Å². The van der Waals surface area contributed by atoms with E-state index in [9.17, 15) is 14.4 Å². The molecule has 5 rings (SSSR count). The number of ketones is 2. The van der Waals surface area contributed by atoms with Gasteiger partial charge < -0.3 is 15.0 Å². The Labute approximate surface area is 191 Å². The number of Topliss-reactive ketones (excluding diaryl/α,β-unsaturated/α-hetero) is 2. The fourth-order valence-electron chi connectivity index (χ4n) is 5.17. The molecule has 9 heteroatoms. The molecule has 1 N–H and O–H groups in total. The molecule has 0 spiro atoms. The van der Waals surface area contributed by atoms with Crippen molar-refractivity contribution in [1.29, 1.82) is 0 Å². The smallest absolute Gasteiger partial charge is 0.226 e. The molecule has 1 aromatic rings. The minimum absolute atomic E-state index is 0.0759. The van der Waals surface area contributed by atoms with E-state index in [0.29, 0.717) is 19.6 Å². The summed E-state index contributed by atoms with van der Waals surface area (Å²) in [5.74, 6) is 0.117. The van der Waals surface area contributed by atoms with Gasteiger partial charge in [0.15, 0.2) is 11.6 Å². The van der Waals surface area contributed by atoms with Crippen LogP contribution in [0.25, 0.3) is 0 Å². The maximum absolute atomic E-state index is 13.2. The number of ether oxygens (including phenoxy) is 1. The molecule has 0 aliphatic carbocycles. The lowest BCUT2D eigenvalue weighted by molar-refractivity contribution is -0.139. The fourth-order valence-corrected chi connectivity index (χ4v) is 6.23. The summed E-state index contributed by atoms with van der Waals surface area (Å²) >= 11 is 1.42. The van der Waals surface area contributed by atoms with Crippen molar-refractivity contribution in [2.75, 3.05) is 57.9 Å². The van der Waals surface area contributed by atoms with Gasteiger partial charge in [-0.25, -0.2) is 0 Å². The number of rotatable bonds is 5. The van der Waals surface area contributed by atoms with Crippen LogP contribution in [-0.4, -0.2) is 91.6 Å². The number of anilines is 1. The molecule has 3 unspecified atom stereocenters. The number of amides is 1. The second-order valence-electron chi connectivity index (χ2n) is 8.70. The quantitative estimate of drug-likeness (QED) is 0.650. The Balaban J connectivity index is 1.22. The first-order chi connectivity index (χ1) is 15.6. The third-order valence-electron chi connectivity index (χ3n) is 6.96. The van der Waals surface area contributed by atoms with Crippen LogP contribution < -0.4 is 15.0 Å². The highest BCUT2D eigenvalue weighted by Gasteiger charge is 2.49. The molecule has 3 saturated heterocycles. The molecule has 3 atom stereocenters. The van der Waals surface area contributed by atoms with Gasteiger partial charge >= 0.3 is 0 Å². The number of thioether (sulfide) groups is 1. The highest BCUT2D eigenvalue weighted by Crippen LogP contribution is 2.36. The van der Waals surface area contributed by atoms with Crippen molar-refractivity contribution >= 4 is 34.9 Å². The van der Waals surface area contributed by atoms with Gasteiger partial charge in [0.1, 0.15) is 5.75 Å². The standard InChI is InChI=1S/C23H28N4O4S/c1-31-18-5-3-2-4-17(18)26-10-8-25(9-11-26)7-6-15-20-22(29)16-13-32-19(21(16)28)12-27(20)14-24-23(15)30/h2-5,13,15,19-20H,6-12,14H2,1H3,(H,24,30). The lowest BCUT2D eigenvalue weighted by atomic mass is 9.86. The number of piperazine rings is 1. The van der Waals surface area contributed by atoms with Crippen LogP contribution in [0.1, 0.15) is 6.42 Å². The number of nitrogens with one attached hydrogen (secondary N) is 1. The Morgan fingerprint density at radius 1 is 1.09 bits per heavy atom. The maximum Gasteiger partial charge on any atom is 0.226 e. The van der Waals surface area contributed by atoms with Gasteiger partial charge in [-0.1, -0.05) is 12.1 Å². The van der Waals surface area contributed by atoms with Crippen molar-refractivity contribution in [3.05, 3.63) is 35.2 Å². The second-order valence-corrected chi connectivity index (χ2v) is 9.77. The summed E-state index contributed by atoms with van der Waals surface area (Å²) in [7, 11) is 1.69. The Bertz CT molecular complexity index is 959. The van der Waals surface area contributed by atoms with Gasteiger partial charge in [-0.2, -0.15) is 0 Å². The number of hydrogen-bond acceptors (Lipinski definition) is 8. The average molecular weight is 457 g/mol. The summed E-state index contributed by atoms with van der Waals surface area (Å²) in [6, 6.07) is 7.52. The molecule has 4 heterocycles. The van der Waals surface area contributed by atoms with Gasteiger partial charge in [-0.05, 0) is 30.5 Å². The molecular formula is C23H28N4O4S. The molecule has 1 aromatic carbocycles. The predicted molar refractivity (Wildman–Crippen MR) is 123 cm³/mol. The van der Waals surface area contributed by atoms with Crippen molar-refractivity contribution in [1.82, 2.24) is 15.1 Å². The molecule has 170 valence electrons. The van der Waals surface area contributed by atoms with E-state index in [1.807, 2.05) is 23.1 Å². The predicted octanol–water partition coefficient (Wildman–Crippen LogP) is 0.733. The number of fused-ring (bicyclic) bond motifs is 3. The van der Waals surface area contributed by atoms with E-state index < -0.39 is 12.0 Å². The molecule has 3 fully saturated rings. The molecular weight excluding hydrogens is 428 g/mol. The maximum atomic E-state index is 13.2. The third kappa shape index (κ3) is 3.82. The van der Waals surface area contributed by atoms with E-state index >= 15 is 0 Å². The van der Waals surface area contributed by atoms with Gasteiger partial charge in [-0.3, -0.25) is 24.2 Å². The van der Waals surface area contributed by atoms with Crippen molar-refractivity contribution in [3.8, 4) is 5.75 Å². The SMILES string of the molecule is COc1ccccc1N1CCN(CCC2C(=O)NCN3CC4SC=C(C4=O)C(=O)C23)CC1. The summed E-state index contributed by atoms with van der Waals surface area (Å²) in [4.78, 5) is 45.0. The van der Waals surface area contributed by atoms with E-state index in [4.69, 9.17) is 4.74 Å². The van der Waals surface area contributed by atoms with Crippen LogP contribution in [0.5, 0.6) is 5.75 Å². The second kappa shape index (κ2) is 8.88. The third-order valence-corrected chi connectivity index (χ3v) is 8.03. The topological polar surface area (TPSA) is 82.2 Å². The summed E-state index contributed by atoms with van der Waals surface area (Å²) in [5.41, 5.74) is 1.39. The number of para-hydroxylation sites is 2. The molecule has 0 radical (unpaired) electrons. The minimum Gasteiger partial charge on any atom is -0.495 e. The highest BCUT2D eigenvalue weighted by atomic mass is 32.2. The summed E-state index contributed by atoms with van der Waals surface area (Å²) in [5, 5.41) is 4.41. The molecule has 1 amide bonds. The van der Waals surface area contributed by atoms with Gasteiger partial charge in [0, 0.05) is 32.7 Å². The summed E-state index contributed by atoms with van der Waals surface area (Å²) in [6.45, 7) is 5.13. The van der Waals surface area contributed by atoms with Crippen molar-refractivity contribution < 1.29 is 19.1 Å². The molecule has 2 bridgehead atoms. The van der Waals surface area contributed by atoms with Crippen LogP contribution in [0.4, 0.5) is 5.69 Å². The van der Waals surface area contributed by atoms with Crippen LogP contribution in [0.2, 0.25) is 0 Å². The van der Waals surface area contributed by atoms with E-state index in [-0.39, 0.29) is 28.3 Å². The van der Waals surface area contributed by atoms with Crippen molar-refractivity contribution in [3.63, 3.8) is 0 Å². The lowest BCUT2D eigenvalue weighted by Crippen LogP contribution is -2.61. The zero-order valence-electron chi connectivity index (χ0n) is 18.2. The first-order valence-corrected chi connectivity index (χ1v) is 12.1. The zero-order valence-corrected chi connectivity index (χ0v) is 19.0. The highest BCUT2D eigenvalue weighted by molar-refractivity contribution is 8.04. The van der Waals surface area contributed by atoms with Crippen molar-refractivity contribution in [2.45, 2.75) is 17.7 Å². The Kier molecular flexibility index (Phi) is 5.96. The van der Waals surface area contributed by atoms with Gasteiger partial charge in [-0.15, -0.1) is 11.8 Å². The van der Waals surface area contributed by atoms with E-state index in [1.165, 1.54) is 11.8 Å². The van der Waals surface area contributed by atoms with E-state index in [0.717, 1.165) is 44.2 Å². The van der Waals surface area contributed by atoms with Crippen LogP contribution in [0.15, 0.2) is 35.2 Å². The summed E-state index contributed by atoms with van der Waals surface area (Å²) < 4.78 is 5.50. The Morgan fingerprint density at radius 2 is 1.88 bits per heavy atom.